The first kappa shape index (κ1) is 13.0. The number of likely N-dealkylation sites (N-methyl/N-ethyl adjacent to an activating group) is 1. The van der Waals surface area contributed by atoms with E-state index < -0.39 is 0 Å². The fraction of sp³-hybridized carbons (Fsp3) is 0.692. The maximum absolute atomic E-state index is 5.85. The average molecular weight is 253 g/mol. The van der Waals surface area contributed by atoms with E-state index in [2.05, 4.69) is 41.2 Å². The molecule has 0 bridgehead atoms. The zero-order chi connectivity index (χ0) is 12.3. The SMILES string of the molecule is CN(C)C1(C(NN)c2ccsc2)CCCCC1. The minimum absolute atomic E-state index is 0.175. The number of nitrogens with one attached hydrogen (secondary N) is 1. The molecule has 0 aromatic carbocycles. The molecule has 17 heavy (non-hydrogen) atoms. The number of hydrogen-bond acceptors (Lipinski definition) is 4. The molecule has 1 fully saturated rings. The fourth-order valence-electron chi connectivity index (χ4n) is 3.16. The van der Waals surface area contributed by atoms with Gasteiger partial charge in [-0.3, -0.25) is 11.3 Å². The third-order valence-electron chi connectivity index (χ3n) is 4.19. The normalized spacial score (nSPS) is 21.6. The summed E-state index contributed by atoms with van der Waals surface area (Å²) in [6.07, 6.45) is 6.42. The molecule has 0 spiro atoms. The van der Waals surface area contributed by atoms with Gasteiger partial charge in [0.05, 0.1) is 6.04 Å². The van der Waals surface area contributed by atoms with Gasteiger partial charge in [0.1, 0.15) is 0 Å². The number of nitrogens with zero attached hydrogens (tertiary/aromatic N) is 1. The van der Waals surface area contributed by atoms with Crippen molar-refractivity contribution in [1.82, 2.24) is 10.3 Å². The monoisotopic (exact) mass is 253 g/mol. The Hall–Kier alpha value is -0.420. The van der Waals surface area contributed by atoms with Gasteiger partial charge in [0.15, 0.2) is 0 Å². The zero-order valence-electron chi connectivity index (χ0n) is 10.8. The summed E-state index contributed by atoms with van der Waals surface area (Å²) >= 11 is 1.74. The molecular formula is C13H23N3S. The second kappa shape index (κ2) is 5.48. The molecule has 0 amide bonds. The van der Waals surface area contributed by atoms with Crippen LogP contribution in [0.4, 0.5) is 0 Å². The van der Waals surface area contributed by atoms with Crippen LogP contribution in [0.25, 0.3) is 0 Å². The number of hydrogen-bond donors (Lipinski definition) is 2. The summed E-state index contributed by atoms with van der Waals surface area (Å²) in [5, 5.41) is 4.34. The molecule has 3 N–H and O–H groups in total. The molecule has 1 atom stereocenters. The lowest BCUT2D eigenvalue weighted by Gasteiger charge is -2.48. The minimum Gasteiger partial charge on any atom is -0.302 e. The average Bonchev–Trinajstić information content (AvgIpc) is 2.84. The maximum atomic E-state index is 5.85. The van der Waals surface area contributed by atoms with Crippen LogP contribution in [0, 0.1) is 0 Å². The molecule has 1 aliphatic rings. The lowest BCUT2D eigenvalue weighted by molar-refractivity contribution is 0.0566. The Morgan fingerprint density at radius 3 is 2.53 bits per heavy atom. The molecular weight excluding hydrogens is 230 g/mol. The topological polar surface area (TPSA) is 41.3 Å². The highest BCUT2D eigenvalue weighted by Crippen LogP contribution is 2.41. The van der Waals surface area contributed by atoms with E-state index in [0.29, 0.717) is 0 Å². The Kier molecular flexibility index (Phi) is 4.20. The Morgan fingerprint density at radius 1 is 1.35 bits per heavy atom. The van der Waals surface area contributed by atoms with Crippen LogP contribution in [0.15, 0.2) is 16.8 Å². The summed E-state index contributed by atoms with van der Waals surface area (Å²) in [6, 6.07) is 2.43. The van der Waals surface area contributed by atoms with Crippen LogP contribution in [0.2, 0.25) is 0 Å². The van der Waals surface area contributed by atoms with Gasteiger partial charge < -0.3 is 4.90 Å². The van der Waals surface area contributed by atoms with Gasteiger partial charge in [0, 0.05) is 5.54 Å². The summed E-state index contributed by atoms with van der Waals surface area (Å²) in [5.41, 5.74) is 4.56. The van der Waals surface area contributed by atoms with Crippen molar-refractivity contribution in [3.05, 3.63) is 22.4 Å². The van der Waals surface area contributed by atoms with Crippen molar-refractivity contribution in [1.29, 1.82) is 0 Å². The van der Waals surface area contributed by atoms with E-state index >= 15 is 0 Å². The number of thiophene rings is 1. The fourth-order valence-corrected chi connectivity index (χ4v) is 3.84. The third-order valence-corrected chi connectivity index (χ3v) is 4.89. The standard InChI is InChI=1S/C13H23N3S/c1-16(2)13(7-4-3-5-8-13)12(15-14)11-6-9-17-10-11/h6,9-10,12,15H,3-5,7-8,14H2,1-2H3. The molecule has 1 aromatic heterocycles. The van der Waals surface area contributed by atoms with E-state index in [-0.39, 0.29) is 11.6 Å². The molecule has 0 radical (unpaired) electrons. The van der Waals surface area contributed by atoms with Crippen LogP contribution < -0.4 is 11.3 Å². The third kappa shape index (κ3) is 2.40. The predicted octanol–water partition coefficient (Wildman–Crippen LogP) is 2.52. The van der Waals surface area contributed by atoms with Crippen molar-refractivity contribution in [2.45, 2.75) is 43.7 Å². The van der Waals surface area contributed by atoms with Crippen molar-refractivity contribution in [3.8, 4) is 0 Å². The number of nitrogens with two attached hydrogens (primary N) is 1. The van der Waals surface area contributed by atoms with E-state index in [1.54, 1.807) is 11.3 Å². The summed E-state index contributed by atoms with van der Waals surface area (Å²) in [7, 11) is 4.37. The van der Waals surface area contributed by atoms with Gasteiger partial charge in [-0.05, 0) is 49.3 Å². The summed E-state index contributed by atoms with van der Waals surface area (Å²) in [4.78, 5) is 2.37. The van der Waals surface area contributed by atoms with Crippen molar-refractivity contribution >= 4 is 11.3 Å². The van der Waals surface area contributed by atoms with E-state index in [1.165, 1.54) is 37.7 Å². The van der Waals surface area contributed by atoms with Crippen LogP contribution in [0.3, 0.4) is 0 Å². The van der Waals surface area contributed by atoms with Gasteiger partial charge in [-0.1, -0.05) is 19.3 Å². The molecule has 96 valence electrons. The molecule has 0 saturated heterocycles. The van der Waals surface area contributed by atoms with Crippen molar-refractivity contribution in [2.24, 2.45) is 5.84 Å². The molecule has 3 nitrogen and oxygen atoms in total. The van der Waals surface area contributed by atoms with Crippen molar-refractivity contribution < 1.29 is 0 Å². The highest BCUT2D eigenvalue weighted by Gasteiger charge is 2.42. The highest BCUT2D eigenvalue weighted by atomic mass is 32.1. The second-order valence-electron chi connectivity index (χ2n) is 5.22. The number of hydrazine groups is 1. The van der Waals surface area contributed by atoms with Crippen LogP contribution in [0.1, 0.15) is 43.7 Å². The predicted molar refractivity (Wildman–Crippen MR) is 73.9 cm³/mol. The molecule has 1 aromatic rings. The lowest BCUT2D eigenvalue weighted by atomic mass is 9.74. The van der Waals surface area contributed by atoms with Crippen LogP contribution >= 0.6 is 11.3 Å². The summed E-state index contributed by atoms with van der Waals surface area (Å²) < 4.78 is 0. The summed E-state index contributed by atoms with van der Waals surface area (Å²) in [5.74, 6) is 5.85. The lowest BCUT2D eigenvalue weighted by Crippen LogP contribution is -2.56. The van der Waals surface area contributed by atoms with E-state index in [0.717, 1.165) is 0 Å². The Labute approximate surface area is 108 Å². The van der Waals surface area contributed by atoms with Crippen LogP contribution in [-0.4, -0.2) is 24.5 Å². The first-order valence-electron chi connectivity index (χ1n) is 6.36. The Bertz CT molecular complexity index is 328. The van der Waals surface area contributed by atoms with Gasteiger partial charge in [0.2, 0.25) is 0 Å². The van der Waals surface area contributed by atoms with E-state index in [1.807, 2.05) is 0 Å². The molecule has 1 heterocycles. The molecule has 1 aliphatic carbocycles. The Morgan fingerprint density at radius 2 is 2.06 bits per heavy atom. The second-order valence-corrected chi connectivity index (χ2v) is 6.00. The highest BCUT2D eigenvalue weighted by molar-refractivity contribution is 7.07. The van der Waals surface area contributed by atoms with Crippen LogP contribution in [0.5, 0.6) is 0 Å². The molecule has 2 rings (SSSR count). The van der Waals surface area contributed by atoms with Crippen LogP contribution in [-0.2, 0) is 0 Å². The quantitative estimate of drug-likeness (QED) is 0.640. The first-order valence-corrected chi connectivity index (χ1v) is 7.30. The number of rotatable bonds is 4. The zero-order valence-corrected chi connectivity index (χ0v) is 11.6. The first-order chi connectivity index (χ1) is 8.20. The molecule has 1 saturated carbocycles. The van der Waals surface area contributed by atoms with Gasteiger partial charge in [-0.2, -0.15) is 11.3 Å². The van der Waals surface area contributed by atoms with Crippen molar-refractivity contribution in [3.63, 3.8) is 0 Å². The largest absolute Gasteiger partial charge is 0.302 e. The minimum atomic E-state index is 0.175. The van der Waals surface area contributed by atoms with Gasteiger partial charge in [0.25, 0.3) is 0 Å². The molecule has 0 aliphatic heterocycles. The van der Waals surface area contributed by atoms with Crippen molar-refractivity contribution in [2.75, 3.05) is 14.1 Å². The molecule has 1 unspecified atom stereocenters. The molecule has 4 heteroatoms. The Balaban J connectivity index is 2.30. The smallest absolute Gasteiger partial charge is 0.0651 e. The van der Waals surface area contributed by atoms with Gasteiger partial charge in [-0.25, -0.2) is 0 Å². The maximum Gasteiger partial charge on any atom is 0.0651 e. The van der Waals surface area contributed by atoms with E-state index in [4.69, 9.17) is 5.84 Å². The summed E-state index contributed by atoms with van der Waals surface area (Å²) in [6.45, 7) is 0. The van der Waals surface area contributed by atoms with Gasteiger partial charge >= 0.3 is 0 Å². The van der Waals surface area contributed by atoms with Gasteiger partial charge in [-0.15, -0.1) is 0 Å². The van der Waals surface area contributed by atoms with E-state index in [9.17, 15) is 0 Å².